The smallest absolute Gasteiger partial charge is 0.290 e. The van der Waals surface area contributed by atoms with E-state index in [0.29, 0.717) is 24.0 Å². The van der Waals surface area contributed by atoms with Crippen molar-refractivity contribution in [2.24, 2.45) is 23.0 Å². The fraction of sp³-hybridized carbons (Fsp3) is 0.688. The van der Waals surface area contributed by atoms with Gasteiger partial charge >= 0.3 is 0 Å². The molecule has 1 aromatic rings. The molecule has 0 radical (unpaired) electrons. The molecule has 4 aliphatic carbocycles. The standard InChI is InChI=1S/C16H21N3O3/c1-9-2-12(22-19-9)13(20)18-16-6-10-3-11(7-16)5-15(4-10,8-16)14(17)21/h2,10-11H,3-8H2,1H3,(H2,17,21)(H,18,20). The summed E-state index contributed by atoms with van der Waals surface area (Å²) >= 11 is 0. The zero-order valence-corrected chi connectivity index (χ0v) is 12.7. The molecule has 0 spiro atoms. The second-order valence-corrected chi connectivity index (χ2v) is 7.67. The van der Waals surface area contributed by atoms with Crippen molar-refractivity contribution in [1.29, 1.82) is 0 Å². The predicted octanol–water partition coefficient (Wildman–Crippen LogP) is 1.54. The Kier molecular flexibility index (Phi) is 2.72. The minimum Gasteiger partial charge on any atom is -0.369 e. The minimum absolute atomic E-state index is 0.198. The van der Waals surface area contributed by atoms with Gasteiger partial charge in [-0.25, -0.2) is 0 Å². The van der Waals surface area contributed by atoms with Crippen LogP contribution >= 0.6 is 0 Å². The lowest BCUT2D eigenvalue weighted by Gasteiger charge is -2.60. The number of nitrogens with one attached hydrogen (secondary N) is 1. The number of primary amides is 1. The predicted molar refractivity (Wildman–Crippen MR) is 77.7 cm³/mol. The third-order valence-corrected chi connectivity index (χ3v) is 5.81. The highest BCUT2D eigenvalue weighted by Crippen LogP contribution is 2.61. The van der Waals surface area contributed by atoms with Gasteiger partial charge in [-0.1, -0.05) is 5.16 Å². The van der Waals surface area contributed by atoms with Crippen LogP contribution in [0.3, 0.4) is 0 Å². The first-order chi connectivity index (χ1) is 10.4. The number of nitrogens with zero attached hydrogens (tertiary/aromatic N) is 1. The van der Waals surface area contributed by atoms with E-state index in [1.807, 2.05) is 0 Å². The first-order valence-electron chi connectivity index (χ1n) is 7.96. The number of carbonyl (C=O) groups is 2. The Morgan fingerprint density at radius 1 is 1.32 bits per heavy atom. The molecule has 2 amide bonds. The van der Waals surface area contributed by atoms with Crippen LogP contribution in [0.4, 0.5) is 0 Å². The van der Waals surface area contributed by atoms with Crippen LogP contribution < -0.4 is 11.1 Å². The average Bonchev–Trinajstić information content (AvgIpc) is 2.83. The van der Waals surface area contributed by atoms with Crippen LogP contribution in [0.15, 0.2) is 10.6 Å². The number of amides is 2. The number of hydrogen-bond donors (Lipinski definition) is 2. The van der Waals surface area contributed by atoms with Crippen LogP contribution in [0.5, 0.6) is 0 Å². The van der Waals surface area contributed by atoms with Gasteiger partial charge in [0.05, 0.1) is 11.1 Å². The van der Waals surface area contributed by atoms with Crippen LogP contribution in [0.25, 0.3) is 0 Å². The molecule has 1 heterocycles. The third-order valence-electron chi connectivity index (χ3n) is 5.81. The second kappa shape index (κ2) is 4.33. The van der Waals surface area contributed by atoms with Crippen LogP contribution in [0.2, 0.25) is 0 Å². The van der Waals surface area contributed by atoms with Crippen LogP contribution in [-0.2, 0) is 4.79 Å². The average molecular weight is 303 g/mol. The van der Waals surface area contributed by atoms with E-state index in [4.69, 9.17) is 10.3 Å². The lowest BCUT2D eigenvalue weighted by molar-refractivity contribution is -0.146. The third kappa shape index (κ3) is 1.96. The molecule has 4 aliphatic rings. The van der Waals surface area contributed by atoms with Crippen molar-refractivity contribution in [2.45, 2.75) is 51.0 Å². The summed E-state index contributed by atoms with van der Waals surface area (Å²) in [5, 5.41) is 6.92. The molecule has 4 bridgehead atoms. The molecule has 6 nitrogen and oxygen atoms in total. The molecule has 0 aromatic carbocycles. The van der Waals surface area contributed by atoms with E-state index >= 15 is 0 Å². The van der Waals surface area contributed by atoms with Gasteiger partial charge < -0.3 is 15.6 Å². The van der Waals surface area contributed by atoms with Gasteiger partial charge in [-0.15, -0.1) is 0 Å². The molecule has 0 aliphatic heterocycles. The summed E-state index contributed by atoms with van der Waals surface area (Å²) in [6, 6.07) is 1.64. The molecule has 0 saturated heterocycles. The van der Waals surface area contributed by atoms with E-state index in [1.54, 1.807) is 13.0 Å². The fourth-order valence-electron chi connectivity index (χ4n) is 5.47. The summed E-state index contributed by atoms with van der Waals surface area (Å²) in [6.45, 7) is 1.78. The Balaban J connectivity index is 1.61. The van der Waals surface area contributed by atoms with Crippen molar-refractivity contribution < 1.29 is 14.1 Å². The van der Waals surface area contributed by atoms with Crippen molar-refractivity contribution in [3.05, 3.63) is 17.5 Å². The molecule has 4 fully saturated rings. The van der Waals surface area contributed by atoms with Gasteiger partial charge in [-0.05, 0) is 57.3 Å². The summed E-state index contributed by atoms with van der Waals surface area (Å²) < 4.78 is 5.06. The van der Waals surface area contributed by atoms with Crippen molar-refractivity contribution in [3.63, 3.8) is 0 Å². The zero-order valence-electron chi connectivity index (χ0n) is 12.7. The Labute approximate surface area is 128 Å². The summed E-state index contributed by atoms with van der Waals surface area (Å²) in [5.41, 5.74) is 5.67. The van der Waals surface area contributed by atoms with Gasteiger partial charge in [-0.3, -0.25) is 9.59 Å². The molecule has 118 valence electrons. The van der Waals surface area contributed by atoms with E-state index in [0.717, 1.165) is 32.1 Å². The molecule has 2 unspecified atom stereocenters. The van der Waals surface area contributed by atoms with E-state index in [1.165, 1.54) is 0 Å². The van der Waals surface area contributed by atoms with Gasteiger partial charge in [0, 0.05) is 11.6 Å². The van der Waals surface area contributed by atoms with E-state index < -0.39 is 5.41 Å². The zero-order chi connectivity index (χ0) is 15.5. The maximum Gasteiger partial charge on any atom is 0.290 e. The number of aryl methyl sites for hydroxylation is 1. The van der Waals surface area contributed by atoms with Crippen LogP contribution in [0, 0.1) is 24.2 Å². The van der Waals surface area contributed by atoms with Gasteiger partial charge in [0.2, 0.25) is 11.7 Å². The molecule has 6 heteroatoms. The first-order valence-corrected chi connectivity index (χ1v) is 7.96. The molecule has 3 N–H and O–H groups in total. The highest BCUT2D eigenvalue weighted by molar-refractivity contribution is 5.92. The number of rotatable bonds is 3. The van der Waals surface area contributed by atoms with Crippen molar-refractivity contribution in [2.75, 3.05) is 0 Å². The van der Waals surface area contributed by atoms with E-state index in [-0.39, 0.29) is 23.1 Å². The Bertz CT molecular complexity index is 637. The molecular weight excluding hydrogens is 282 g/mol. The van der Waals surface area contributed by atoms with Crippen LogP contribution in [-0.4, -0.2) is 22.5 Å². The van der Waals surface area contributed by atoms with Crippen molar-refractivity contribution in [3.8, 4) is 0 Å². The van der Waals surface area contributed by atoms with E-state index in [2.05, 4.69) is 10.5 Å². The lowest BCUT2D eigenvalue weighted by Crippen LogP contribution is -2.65. The van der Waals surface area contributed by atoms with Gasteiger partial charge in [-0.2, -0.15) is 0 Å². The molecule has 4 saturated carbocycles. The van der Waals surface area contributed by atoms with Crippen LogP contribution in [0.1, 0.15) is 54.8 Å². The minimum atomic E-state index is -0.422. The lowest BCUT2D eigenvalue weighted by atomic mass is 9.46. The highest BCUT2D eigenvalue weighted by Gasteiger charge is 2.60. The molecular formula is C16H21N3O3. The first kappa shape index (κ1) is 13.8. The van der Waals surface area contributed by atoms with Crippen molar-refractivity contribution in [1.82, 2.24) is 10.5 Å². The normalized spacial score (nSPS) is 39.0. The largest absolute Gasteiger partial charge is 0.369 e. The molecule has 1 aromatic heterocycles. The highest BCUT2D eigenvalue weighted by atomic mass is 16.5. The summed E-state index contributed by atoms with van der Waals surface area (Å²) in [5.74, 6) is 0.787. The molecule has 2 atom stereocenters. The SMILES string of the molecule is Cc1cc(C(=O)NC23CC4CC(C2)CC(C(N)=O)(C4)C3)on1. The Morgan fingerprint density at radius 3 is 2.55 bits per heavy atom. The van der Waals surface area contributed by atoms with Crippen molar-refractivity contribution >= 4 is 11.8 Å². The summed E-state index contributed by atoms with van der Waals surface area (Å²) in [4.78, 5) is 24.5. The Hall–Kier alpha value is -1.85. The number of aromatic nitrogens is 1. The fourth-order valence-corrected chi connectivity index (χ4v) is 5.47. The molecule has 22 heavy (non-hydrogen) atoms. The quantitative estimate of drug-likeness (QED) is 0.884. The second-order valence-electron chi connectivity index (χ2n) is 7.67. The number of hydrogen-bond acceptors (Lipinski definition) is 4. The number of carbonyl (C=O) groups excluding carboxylic acids is 2. The van der Waals surface area contributed by atoms with E-state index in [9.17, 15) is 9.59 Å². The topological polar surface area (TPSA) is 98.2 Å². The summed E-state index contributed by atoms with van der Waals surface area (Å²) in [7, 11) is 0. The maximum absolute atomic E-state index is 12.5. The molecule has 5 rings (SSSR count). The number of nitrogens with two attached hydrogens (primary N) is 1. The summed E-state index contributed by atoms with van der Waals surface area (Å²) in [6.07, 6.45) is 5.49. The van der Waals surface area contributed by atoms with Gasteiger partial charge in [0.1, 0.15) is 0 Å². The van der Waals surface area contributed by atoms with Gasteiger partial charge in [0.15, 0.2) is 0 Å². The Morgan fingerprint density at radius 2 is 2.00 bits per heavy atom. The maximum atomic E-state index is 12.5. The van der Waals surface area contributed by atoms with Gasteiger partial charge in [0.25, 0.3) is 5.91 Å². The monoisotopic (exact) mass is 303 g/mol.